The van der Waals surface area contributed by atoms with E-state index in [1.165, 1.54) is 5.56 Å². The summed E-state index contributed by atoms with van der Waals surface area (Å²) in [5, 5.41) is 0. The van der Waals surface area contributed by atoms with Gasteiger partial charge in [-0.25, -0.2) is 0 Å². The van der Waals surface area contributed by atoms with Crippen molar-refractivity contribution in [2.45, 2.75) is 25.8 Å². The molecule has 70 valence electrons. The fourth-order valence-electron chi connectivity index (χ4n) is 1.27. The van der Waals surface area contributed by atoms with Crippen LogP contribution in [0.4, 0.5) is 0 Å². The van der Waals surface area contributed by atoms with Gasteiger partial charge in [0.1, 0.15) is 0 Å². The second-order valence-electron chi connectivity index (χ2n) is 3.19. The van der Waals surface area contributed by atoms with Crippen molar-refractivity contribution in [2.75, 3.05) is 0 Å². The molecule has 0 aliphatic rings. The third-order valence-electron chi connectivity index (χ3n) is 1.93. The van der Waals surface area contributed by atoms with Crippen LogP contribution in [0.5, 0.6) is 0 Å². The molecule has 0 saturated heterocycles. The van der Waals surface area contributed by atoms with Gasteiger partial charge in [0.2, 0.25) is 0 Å². The van der Waals surface area contributed by atoms with Crippen molar-refractivity contribution in [1.82, 2.24) is 0 Å². The van der Waals surface area contributed by atoms with Crippen LogP contribution < -0.4 is 5.73 Å². The van der Waals surface area contributed by atoms with Gasteiger partial charge in [0.25, 0.3) is 0 Å². The molecule has 0 heterocycles. The van der Waals surface area contributed by atoms with Gasteiger partial charge in [-0.3, -0.25) is 0 Å². The molecule has 1 nitrogen and oxygen atoms in total. The molecule has 2 N–H and O–H groups in total. The van der Waals surface area contributed by atoms with Crippen LogP contribution in [0, 0.1) is 0 Å². The Morgan fingerprint density at radius 3 is 2.62 bits per heavy atom. The molecular weight excluding hydrogens is 158 g/mol. The molecule has 0 spiro atoms. The summed E-state index contributed by atoms with van der Waals surface area (Å²) in [5.41, 5.74) is 7.21. The molecular formula is C12H17N. The normalized spacial score (nSPS) is 13.4. The summed E-state index contributed by atoms with van der Waals surface area (Å²) in [6.45, 7) is 2.12. The van der Waals surface area contributed by atoms with Crippen LogP contribution in [0.2, 0.25) is 0 Å². The molecule has 1 rings (SSSR count). The molecule has 0 bridgehead atoms. The lowest BCUT2D eigenvalue weighted by atomic mass is 10.1. The van der Waals surface area contributed by atoms with Crippen molar-refractivity contribution in [2.24, 2.45) is 5.73 Å². The molecule has 0 saturated carbocycles. The van der Waals surface area contributed by atoms with Gasteiger partial charge in [-0.2, -0.15) is 0 Å². The predicted molar refractivity (Wildman–Crippen MR) is 57.6 cm³/mol. The van der Waals surface area contributed by atoms with E-state index in [2.05, 4.69) is 31.2 Å². The van der Waals surface area contributed by atoms with Crippen molar-refractivity contribution >= 4 is 0 Å². The first kappa shape index (κ1) is 10.0. The lowest BCUT2D eigenvalue weighted by Gasteiger charge is -2.05. The summed E-state index contributed by atoms with van der Waals surface area (Å²) in [4.78, 5) is 0. The smallest absolute Gasteiger partial charge is 0.0264 e. The summed E-state index contributed by atoms with van der Waals surface area (Å²) in [6.07, 6.45) is 6.18. The van der Waals surface area contributed by atoms with Crippen LogP contribution in [0.1, 0.15) is 18.9 Å². The first-order chi connectivity index (χ1) is 6.33. The van der Waals surface area contributed by atoms with Gasteiger partial charge in [-0.15, -0.1) is 0 Å². The minimum atomic E-state index is 0.155. The Morgan fingerprint density at radius 2 is 2.00 bits per heavy atom. The molecule has 0 amide bonds. The third kappa shape index (κ3) is 3.90. The van der Waals surface area contributed by atoms with Crippen LogP contribution in [0.3, 0.4) is 0 Å². The summed E-state index contributed by atoms with van der Waals surface area (Å²) in [7, 11) is 0. The Kier molecular flexibility index (Phi) is 4.27. The SMILES string of the molecule is CC/C=C/C(N)Cc1ccccc1. The quantitative estimate of drug-likeness (QED) is 0.699. The van der Waals surface area contributed by atoms with Gasteiger partial charge in [-0.1, -0.05) is 49.4 Å². The Bertz CT molecular complexity index is 251. The Morgan fingerprint density at radius 1 is 1.31 bits per heavy atom. The van der Waals surface area contributed by atoms with E-state index in [9.17, 15) is 0 Å². The maximum atomic E-state index is 5.90. The van der Waals surface area contributed by atoms with E-state index in [0.29, 0.717) is 0 Å². The third-order valence-corrected chi connectivity index (χ3v) is 1.93. The first-order valence-electron chi connectivity index (χ1n) is 4.79. The first-order valence-corrected chi connectivity index (χ1v) is 4.79. The van der Waals surface area contributed by atoms with E-state index >= 15 is 0 Å². The fraction of sp³-hybridized carbons (Fsp3) is 0.333. The van der Waals surface area contributed by atoms with Crippen molar-refractivity contribution < 1.29 is 0 Å². The molecule has 0 aliphatic heterocycles. The Labute approximate surface area is 80.3 Å². The van der Waals surface area contributed by atoms with Gasteiger partial charge < -0.3 is 5.73 Å². The summed E-state index contributed by atoms with van der Waals surface area (Å²) in [5.74, 6) is 0. The second kappa shape index (κ2) is 5.55. The Balaban J connectivity index is 2.45. The van der Waals surface area contributed by atoms with Gasteiger partial charge in [0.05, 0.1) is 0 Å². The van der Waals surface area contributed by atoms with Gasteiger partial charge >= 0.3 is 0 Å². The van der Waals surface area contributed by atoms with E-state index in [1.807, 2.05) is 18.2 Å². The van der Waals surface area contributed by atoms with Crippen LogP contribution in [0.15, 0.2) is 42.5 Å². The van der Waals surface area contributed by atoms with Crippen LogP contribution >= 0.6 is 0 Å². The largest absolute Gasteiger partial charge is 0.324 e. The maximum Gasteiger partial charge on any atom is 0.0264 e. The second-order valence-corrected chi connectivity index (χ2v) is 3.19. The molecule has 0 aliphatic carbocycles. The molecule has 1 aromatic carbocycles. The number of benzene rings is 1. The zero-order valence-corrected chi connectivity index (χ0v) is 8.11. The van der Waals surface area contributed by atoms with Crippen molar-refractivity contribution in [3.63, 3.8) is 0 Å². The van der Waals surface area contributed by atoms with Gasteiger partial charge in [0.15, 0.2) is 0 Å². The highest BCUT2D eigenvalue weighted by atomic mass is 14.6. The molecule has 1 atom stereocenters. The fourth-order valence-corrected chi connectivity index (χ4v) is 1.27. The number of rotatable bonds is 4. The summed E-state index contributed by atoms with van der Waals surface area (Å²) >= 11 is 0. The van der Waals surface area contributed by atoms with Crippen LogP contribution in [-0.4, -0.2) is 6.04 Å². The molecule has 1 aromatic rings. The average molecular weight is 175 g/mol. The highest BCUT2D eigenvalue weighted by Gasteiger charge is 1.97. The molecule has 1 unspecified atom stereocenters. The van der Waals surface area contributed by atoms with Crippen molar-refractivity contribution in [3.05, 3.63) is 48.0 Å². The molecule has 1 heteroatoms. The number of nitrogens with two attached hydrogens (primary N) is 1. The van der Waals surface area contributed by atoms with E-state index in [0.717, 1.165) is 12.8 Å². The molecule has 0 radical (unpaired) electrons. The lowest BCUT2D eigenvalue weighted by Crippen LogP contribution is -2.19. The highest BCUT2D eigenvalue weighted by molar-refractivity contribution is 5.17. The highest BCUT2D eigenvalue weighted by Crippen LogP contribution is 2.02. The van der Waals surface area contributed by atoms with Crippen LogP contribution in [0.25, 0.3) is 0 Å². The number of hydrogen-bond donors (Lipinski definition) is 1. The summed E-state index contributed by atoms with van der Waals surface area (Å²) in [6, 6.07) is 10.5. The zero-order chi connectivity index (χ0) is 9.52. The summed E-state index contributed by atoms with van der Waals surface area (Å²) < 4.78 is 0. The van der Waals surface area contributed by atoms with Gasteiger partial charge in [0, 0.05) is 6.04 Å². The zero-order valence-electron chi connectivity index (χ0n) is 8.11. The Hall–Kier alpha value is -1.08. The van der Waals surface area contributed by atoms with Crippen LogP contribution in [-0.2, 0) is 6.42 Å². The minimum Gasteiger partial charge on any atom is -0.324 e. The topological polar surface area (TPSA) is 26.0 Å². The van der Waals surface area contributed by atoms with E-state index in [4.69, 9.17) is 5.73 Å². The van der Waals surface area contributed by atoms with E-state index < -0.39 is 0 Å². The predicted octanol–water partition coefficient (Wildman–Crippen LogP) is 2.52. The molecule has 0 fully saturated rings. The molecule has 0 aromatic heterocycles. The van der Waals surface area contributed by atoms with Crippen molar-refractivity contribution in [3.8, 4) is 0 Å². The van der Waals surface area contributed by atoms with E-state index in [-0.39, 0.29) is 6.04 Å². The number of allylic oxidation sites excluding steroid dienone is 1. The minimum absolute atomic E-state index is 0.155. The van der Waals surface area contributed by atoms with Crippen molar-refractivity contribution in [1.29, 1.82) is 0 Å². The lowest BCUT2D eigenvalue weighted by molar-refractivity contribution is 0.806. The standard InChI is InChI=1S/C12H17N/c1-2-3-9-12(13)10-11-7-5-4-6-8-11/h3-9,12H,2,10,13H2,1H3/b9-3+. The monoisotopic (exact) mass is 175 g/mol. The average Bonchev–Trinajstić information content (AvgIpc) is 2.16. The molecule has 13 heavy (non-hydrogen) atoms. The van der Waals surface area contributed by atoms with Gasteiger partial charge in [-0.05, 0) is 18.4 Å². The maximum absolute atomic E-state index is 5.90. The van der Waals surface area contributed by atoms with E-state index in [1.54, 1.807) is 0 Å². The number of hydrogen-bond acceptors (Lipinski definition) is 1.